The molecule has 0 saturated heterocycles. The van der Waals surface area contributed by atoms with Crippen LogP contribution in [0.2, 0.25) is 0 Å². The number of aryl methyl sites for hydroxylation is 2. The van der Waals surface area contributed by atoms with E-state index >= 15 is 0 Å². The lowest BCUT2D eigenvalue weighted by Gasteiger charge is -2.52. The number of nitrogens with one attached hydrogen (secondary N) is 1. The Kier molecular flexibility index (Phi) is 7.47. The first kappa shape index (κ1) is 27.2. The Hall–Kier alpha value is -4.40. The summed E-state index contributed by atoms with van der Waals surface area (Å²) in [6.45, 7) is 8.20. The molecule has 1 unspecified atom stereocenters. The first-order valence-electron chi connectivity index (χ1n) is 13.6. The molecule has 1 fully saturated rings. The summed E-state index contributed by atoms with van der Waals surface area (Å²) in [6, 6.07) is 16.7. The van der Waals surface area contributed by atoms with Gasteiger partial charge in [-0.15, -0.1) is 0 Å². The van der Waals surface area contributed by atoms with Gasteiger partial charge in [0.05, 0.1) is 11.4 Å². The second-order valence-electron chi connectivity index (χ2n) is 11.2. The molecule has 0 radical (unpaired) electrons. The molecule has 0 bridgehead atoms. The van der Waals surface area contributed by atoms with Crippen molar-refractivity contribution in [2.45, 2.75) is 58.9 Å². The second-order valence-corrected chi connectivity index (χ2v) is 11.2. The molecule has 3 N–H and O–H groups in total. The van der Waals surface area contributed by atoms with E-state index in [0.29, 0.717) is 18.7 Å². The van der Waals surface area contributed by atoms with Gasteiger partial charge in [-0.25, -0.2) is 14.6 Å². The SMILES string of the molecule is Cc1cc(-n2nc(-c3cccnc3)cc2C2C[C@H](CC(=O)N[C@@H](Cc3ccccc3)C(N)=O)C2(C)C)nc(C)n1. The Morgan fingerprint density at radius 1 is 1.10 bits per heavy atom. The maximum Gasteiger partial charge on any atom is 0.240 e. The fourth-order valence-electron chi connectivity index (χ4n) is 5.70. The van der Waals surface area contributed by atoms with Crippen LogP contribution in [-0.2, 0) is 16.0 Å². The minimum absolute atomic E-state index is 0.127. The number of benzene rings is 1. The topological polar surface area (TPSA) is 129 Å². The molecule has 0 spiro atoms. The summed E-state index contributed by atoms with van der Waals surface area (Å²) in [4.78, 5) is 38.5. The van der Waals surface area contributed by atoms with E-state index in [0.717, 1.165) is 40.4 Å². The maximum absolute atomic E-state index is 13.1. The molecule has 2 amide bonds. The third-order valence-corrected chi connectivity index (χ3v) is 8.08. The molecule has 3 aromatic heterocycles. The molecular formula is C31H35N7O2. The number of primary amides is 1. The Morgan fingerprint density at radius 2 is 1.88 bits per heavy atom. The van der Waals surface area contributed by atoms with Gasteiger partial charge in [-0.2, -0.15) is 5.10 Å². The van der Waals surface area contributed by atoms with Gasteiger partial charge in [0.1, 0.15) is 11.9 Å². The summed E-state index contributed by atoms with van der Waals surface area (Å²) in [5.41, 5.74) is 10.0. The number of nitrogens with two attached hydrogens (primary N) is 1. The van der Waals surface area contributed by atoms with Gasteiger partial charge < -0.3 is 11.1 Å². The molecule has 4 aromatic rings. The highest BCUT2D eigenvalue weighted by atomic mass is 16.2. The third kappa shape index (κ3) is 5.64. The number of pyridine rings is 1. The molecule has 9 nitrogen and oxygen atoms in total. The standard InChI is InChI=1S/C31H35N7O2/c1-19-13-28(35-20(2)34-19)38-27(17-25(37-38)22-11-8-12-33-18-22)24-15-23(31(24,3)4)16-29(39)36-26(30(32)40)14-21-9-6-5-7-10-21/h5-13,17-18,23-24,26H,14-16H2,1-4H3,(H2,32,40)(H,36,39)/t23-,24?,26+/m1/s1. The fourth-order valence-corrected chi connectivity index (χ4v) is 5.70. The quantitative estimate of drug-likeness (QED) is 0.331. The van der Waals surface area contributed by atoms with Crippen LogP contribution in [0.4, 0.5) is 0 Å². The Bertz CT molecular complexity index is 1500. The third-order valence-electron chi connectivity index (χ3n) is 8.08. The Labute approximate surface area is 234 Å². The fraction of sp³-hybridized carbons (Fsp3) is 0.355. The highest BCUT2D eigenvalue weighted by Gasteiger charge is 2.50. The highest BCUT2D eigenvalue weighted by molar-refractivity contribution is 5.87. The van der Waals surface area contributed by atoms with Crippen molar-refractivity contribution in [3.05, 3.63) is 89.8 Å². The largest absolute Gasteiger partial charge is 0.368 e. The lowest BCUT2D eigenvalue weighted by molar-refractivity contribution is -0.130. The minimum atomic E-state index is -0.749. The molecule has 1 aromatic carbocycles. The number of carbonyl (C=O) groups is 2. The molecule has 206 valence electrons. The summed E-state index contributed by atoms with van der Waals surface area (Å²) in [5, 5.41) is 7.82. The van der Waals surface area contributed by atoms with Crippen molar-refractivity contribution in [1.29, 1.82) is 0 Å². The van der Waals surface area contributed by atoms with E-state index in [1.54, 1.807) is 12.4 Å². The van der Waals surface area contributed by atoms with Crippen molar-refractivity contribution in [3.8, 4) is 17.1 Å². The van der Waals surface area contributed by atoms with Crippen LogP contribution in [0.3, 0.4) is 0 Å². The van der Waals surface area contributed by atoms with E-state index < -0.39 is 11.9 Å². The van der Waals surface area contributed by atoms with Crippen molar-refractivity contribution >= 4 is 11.8 Å². The van der Waals surface area contributed by atoms with Crippen LogP contribution >= 0.6 is 0 Å². The maximum atomic E-state index is 13.1. The number of aromatic nitrogens is 5. The van der Waals surface area contributed by atoms with Crippen molar-refractivity contribution in [1.82, 2.24) is 30.0 Å². The molecule has 3 heterocycles. The summed E-state index contributed by atoms with van der Waals surface area (Å²) in [7, 11) is 0. The zero-order valence-electron chi connectivity index (χ0n) is 23.3. The van der Waals surface area contributed by atoms with Crippen LogP contribution in [0, 0.1) is 25.2 Å². The van der Waals surface area contributed by atoms with Gasteiger partial charge in [0.15, 0.2) is 5.82 Å². The van der Waals surface area contributed by atoms with E-state index in [4.69, 9.17) is 10.8 Å². The lowest BCUT2D eigenvalue weighted by Crippen LogP contribution is -2.49. The summed E-state index contributed by atoms with van der Waals surface area (Å²) in [6.07, 6.45) is 5.04. The number of rotatable bonds is 9. The number of hydrogen-bond donors (Lipinski definition) is 2. The van der Waals surface area contributed by atoms with E-state index in [2.05, 4.69) is 40.2 Å². The van der Waals surface area contributed by atoms with Crippen molar-refractivity contribution in [3.63, 3.8) is 0 Å². The zero-order chi connectivity index (χ0) is 28.4. The average Bonchev–Trinajstić information content (AvgIpc) is 3.35. The van der Waals surface area contributed by atoms with Crippen LogP contribution in [0.25, 0.3) is 17.1 Å². The molecule has 1 saturated carbocycles. The van der Waals surface area contributed by atoms with E-state index in [1.165, 1.54) is 0 Å². The van der Waals surface area contributed by atoms with Gasteiger partial charge in [-0.1, -0.05) is 44.2 Å². The van der Waals surface area contributed by atoms with Gasteiger partial charge in [0.25, 0.3) is 0 Å². The van der Waals surface area contributed by atoms with Gasteiger partial charge in [0.2, 0.25) is 11.8 Å². The summed E-state index contributed by atoms with van der Waals surface area (Å²) in [5.74, 6) is 0.976. The molecule has 0 aliphatic heterocycles. The number of hydrogen-bond acceptors (Lipinski definition) is 6. The summed E-state index contributed by atoms with van der Waals surface area (Å²) < 4.78 is 1.91. The number of amides is 2. The van der Waals surface area contributed by atoms with Gasteiger partial charge >= 0.3 is 0 Å². The Morgan fingerprint density at radius 3 is 2.52 bits per heavy atom. The molecule has 40 heavy (non-hydrogen) atoms. The van der Waals surface area contributed by atoms with Crippen LogP contribution < -0.4 is 11.1 Å². The molecule has 1 aliphatic carbocycles. The van der Waals surface area contributed by atoms with E-state index in [9.17, 15) is 9.59 Å². The minimum Gasteiger partial charge on any atom is -0.368 e. The zero-order valence-corrected chi connectivity index (χ0v) is 23.3. The smallest absolute Gasteiger partial charge is 0.240 e. The average molecular weight is 538 g/mol. The van der Waals surface area contributed by atoms with Crippen molar-refractivity contribution in [2.75, 3.05) is 0 Å². The van der Waals surface area contributed by atoms with E-state index in [-0.39, 0.29) is 23.2 Å². The first-order valence-corrected chi connectivity index (χ1v) is 13.6. The van der Waals surface area contributed by atoms with Crippen molar-refractivity contribution in [2.24, 2.45) is 17.1 Å². The van der Waals surface area contributed by atoms with Crippen LogP contribution in [0.15, 0.2) is 67.0 Å². The Balaban J connectivity index is 1.36. The number of carbonyl (C=O) groups excluding carboxylic acids is 2. The van der Waals surface area contributed by atoms with Crippen LogP contribution in [-0.4, -0.2) is 42.6 Å². The molecule has 5 rings (SSSR count). The van der Waals surface area contributed by atoms with Crippen LogP contribution in [0.1, 0.15) is 55.4 Å². The predicted octanol–water partition coefficient (Wildman–Crippen LogP) is 4.07. The van der Waals surface area contributed by atoms with Crippen LogP contribution in [0.5, 0.6) is 0 Å². The summed E-state index contributed by atoms with van der Waals surface area (Å²) >= 11 is 0. The van der Waals surface area contributed by atoms with E-state index in [1.807, 2.05) is 67.1 Å². The first-order chi connectivity index (χ1) is 19.1. The van der Waals surface area contributed by atoms with Gasteiger partial charge in [-0.3, -0.25) is 14.6 Å². The normalized spacial score (nSPS) is 18.5. The molecule has 3 atom stereocenters. The molecular weight excluding hydrogens is 502 g/mol. The second kappa shape index (κ2) is 11.0. The molecule has 9 heteroatoms. The van der Waals surface area contributed by atoms with Gasteiger partial charge in [0, 0.05) is 48.5 Å². The monoisotopic (exact) mass is 537 g/mol. The number of nitrogens with zero attached hydrogens (tertiary/aromatic N) is 5. The van der Waals surface area contributed by atoms with Gasteiger partial charge in [-0.05, 0) is 55.4 Å². The molecule has 1 aliphatic rings. The predicted molar refractivity (Wildman–Crippen MR) is 152 cm³/mol. The van der Waals surface area contributed by atoms with Crippen molar-refractivity contribution < 1.29 is 9.59 Å². The lowest BCUT2D eigenvalue weighted by atomic mass is 9.52. The highest BCUT2D eigenvalue weighted by Crippen LogP contribution is 2.58.